The van der Waals surface area contributed by atoms with Gasteiger partial charge in [-0.15, -0.1) is 6.58 Å². The monoisotopic (exact) mass is 212 g/mol. The number of hydrogen-bond acceptors (Lipinski definition) is 1. The van der Waals surface area contributed by atoms with Crippen molar-refractivity contribution in [2.24, 2.45) is 0 Å². The number of ether oxygens (including phenoxy) is 1. The Bertz CT molecular complexity index is 474. The normalized spacial score (nSPS) is 10.2. The van der Waals surface area contributed by atoms with Gasteiger partial charge in [-0.25, -0.2) is 0 Å². The minimum atomic E-state index is 0.754. The van der Waals surface area contributed by atoms with Crippen LogP contribution in [0, 0.1) is 0 Å². The quantitative estimate of drug-likeness (QED) is 0.533. The molecule has 1 nitrogen and oxygen atoms in total. The summed E-state index contributed by atoms with van der Waals surface area (Å²) in [5.74, 6) is 0.947. The Morgan fingerprint density at radius 1 is 1.06 bits per heavy atom. The maximum atomic E-state index is 5.67. The van der Waals surface area contributed by atoms with Crippen molar-refractivity contribution in [2.75, 3.05) is 6.61 Å². The van der Waals surface area contributed by atoms with E-state index in [1.165, 1.54) is 10.8 Å². The Morgan fingerprint density at radius 2 is 1.88 bits per heavy atom. The van der Waals surface area contributed by atoms with Crippen LogP contribution in [0.5, 0.6) is 5.75 Å². The van der Waals surface area contributed by atoms with Crippen LogP contribution in [0.2, 0.25) is 0 Å². The van der Waals surface area contributed by atoms with Crippen LogP contribution >= 0.6 is 0 Å². The van der Waals surface area contributed by atoms with E-state index in [0.29, 0.717) is 0 Å². The number of unbranched alkanes of at least 4 members (excludes halogenated alkanes) is 1. The van der Waals surface area contributed by atoms with Crippen molar-refractivity contribution in [1.82, 2.24) is 0 Å². The smallest absolute Gasteiger partial charge is 0.119 e. The highest BCUT2D eigenvalue weighted by molar-refractivity contribution is 5.83. The molecule has 0 atom stereocenters. The lowest BCUT2D eigenvalue weighted by Crippen LogP contribution is -1.96. The summed E-state index contributed by atoms with van der Waals surface area (Å²) in [5.41, 5.74) is 0. The molecule has 0 bridgehead atoms. The van der Waals surface area contributed by atoms with Crippen molar-refractivity contribution < 1.29 is 4.74 Å². The van der Waals surface area contributed by atoms with Crippen LogP contribution in [0.15, 0.2) is 55.1 Å². The Hall–Kier alpha value is -1.76. The van der Waals surface area contributed by atoms with Gasteiger partial charge in [0, 0.05) is 0 Å². The topological polar surface area (TPSA) is 9.23 Å². The summed E-state index contributed by atoms with van der Waals surface area (Å²) in [7, 11) is 0. The number of benzene rings is 2. The summed E-state index contributed by atoms with van der Waals surface area (Å²) in [6, 6.07) is 14.5. The molecule has 0 fully saturated rings. The number of rotatable bonds is 5. The average Bonchev–Trinajstić information content (AvgIpc) is 2.34. The first-order chi connectivity index (χ1) is 7.90. The zero-order valence-electron chi connectivity index (χ0n) is 9.36. The minimum Gasteiger partial charge on any atom is -0.494 e. The van der Waals surface area contributed by atoms with Crippen LogP contribution in [0.1, 0.15) is 12.8 Å². The van der Waals surface area contributed by atoms with Gasteiger partial charge in [0.25, 0.3) is 0 Å². The van der Waals surface area contributed by atoms with Gasteiger partial charge in [-0.1, -0.05) is 36.4 Å². The molecule has 82 valence electrons. The Kier molecular flexibility index (Phi) is 3.60. The van der Waals surface area contributed by atoms with E-state index in [2.05, 4.69) is 30.8 Å². The predicted molar refractivity (Wildman–Crippen MR) is 68.9 cm³/mol. The van der Waals surface area contributed by atoms with Gasteiger partial charge in [0.05, 0.1) is 6.61 Å². The SMILES string of the molecule is C=CCCCOc1ccc2ccccc2c1. The molecule has 16 heavy (non-hydrogen) atoms. The fourth-order valence-electron chi connectivity index (χ4n) is 1.67. The van der Waals surface area contributed by atoms with Crippen LogP contribution in [-0.2, 0) is 0 Å². The molecular formula is C15H16O. The van der Waals surface area contributed by atoms with Gasteiger partial charge in [-0.2, -0.15) is 0 Å². The maximum absolute atomic E-state index is 5.67. The highest BCUT2D eigenvalue weighted by Crippen LogP contribution is 2.20. The van der Waals surface area contributed by atoms with E-state index in [9.17, 15) is 0 Å². The van der Waals surface area contributed by atoms with Crippen molar-refractivity contribution in [2.45, 2.75) is 12.8 Å². The molecular weight excluding hydrogens is 196 g/mol. The lowest BCUT2D eigenvalue weighted by atomic mass is 10.1. The lowest BCUT2D eigenvalue weighted by Gasteiger charge is -2.06. The Labute approximate surface area is 96.4 Å². The lowest BCUT2D eigenvalue weighted by molar-refractivity contribution is 0.312. The zero-order chi connectivity index (χ0) is 11.2. The molecule has 0 radical (unpaired) electrons. The van der Waals surface area contributed by atoms with Gasteiger partial charge in [0.2, 0.25) is 0 Å². The zero-order valence-corrected chi connectivity index (χ0v) is 9.36. The van der Waals surface area contributed by atoms with Crippen molar-refractivity contribution in [1.29, 1.82) is 0 Å². The summed E-state index contributed by atoms with van der Waals surface area (Å²) in [6.07, 6.45) is 3.95. The third-order valence-electron chi connectivity index (χ3n) is 2.54. The molecule has 0 aliphatic heterocycles. The van der Waals surface area contributed by atoms with E-state index in [0.717, 1.165) is 25.2 Å². The second-order valence-corrected chi connectivity index (χ2v) is 3.79. The van der Waals surface area contributed by atoms with E-state index < -0.39 is 0 Å². The molecule has 0 unspecified atom stereocenters. The number of allylic oxidation sites excluding steroid dienone is 1. The predicted octanol–water partition coefficient (Wildman–Crippen LogP) is 4.18. The van der Waals surface area contributed by atoms with Crippen LogP contribution in [-0.4, -0.2) is 6.61 Å². The van der Waals surface area contributed by atoms with Gasteiger partial charge in [0.1, 0.15) is 5.75 Å². The molecule has 0 amide bonds. The summed E-state index contributed by atoms with van der Waals surface area (Å²) in [6.45, 7) is 4.44. The van der Waals surface area contributed by atoms with E-state index in [-0.39, 0.29) is 0 Å². The molecule has 0 heterocycles. The fourth-order valence-corrected chi connectivity index (χ4v) is 1.67. The minimum absolute atomic E-state index is 0.754. The summed E-state index contributed by atoms with van der Waals surface area (Å²) in [5, 5.41) is 2.48. The van der Waals surface area contributed by atoms with Crippen molar-refractivity contribution >= 4 is 10.8 Å². The maximum Gasteiger partial charge on any atom is 0.119 e. The summed E-state index contributed by atoms with van der Waals surface area (Å²) < 4.78 is 5.67. The van der Waals surface area contributed by atoms with Gasteiger partial charge >= 0.3 is 0 Å². The van der Waals surface area contributed by atoms with Crippen molar-refractivity contribution in [3.05, 3.63) is 55.1 Å². The van der Waals surface area contributed by atoms with E-state index in [4.69, 9.17) is 4.74 Å². The highest BCUT2D eigenvalue weighted by atomic mass is 16.5. The van der Waals surface area contributed by atoms with Crippen LogP contribution in [0.25, 0.3) is 10.8 Å². The van der Waals surface area contributed by atoms with E-state index in [1.54, 1.807) is 0 Å². The molecule has 2 rings (SSSR count). The Morgan fingerprint density at radius 3 is 2.69 bits per heavy atom. The molecule has 0 spiro atoms. The van der Waals surface area contributed by atoms with Gasteiger partial charge in [-0.3, -0.25) is 0 Å². The van der Waals surface area contributed by atoms with Gasteiger partial charge in [-0.05, 0) is 35.7 Å². The third kappa shape index (κ3) is 2.63. The van der Waals surface area contributed by atoms with Gasteiger partial charge < -0.3 is 4.74 Å². The van der Waals surface area contributed by atoms with Crippen LogP contribution in [0.3, 0.4) is 0 Å². The first-order valence-electron chi connectivity index (χ1n) is 5.62. The molecule has 1 heteroatoms. The summed E-state index contributed by atoms with van der Waals surface area (Å²) >= 11 is 0. The van der Waals surface area contributed by atoms with Crippen LogP contribution in [0.4, 0.5) is 0 Å². The standard InChI is InChI=1S/C15H16O/c1-2-3-6-11-16-15-10-9-13-7-4-5-8-14(13)12-15/h2,4-5,7-10,12H,1,3,6,11H2. The van der Waals surface area contributed by atoms with Crippen LogP contribution < -0.4 is 4.74 Å². The third-order valence-corrected chi connectivity index (χ3v) is 2.54. The molecule has 0 aliphatic carbocycles. The fraction of sp³-hybridized carbons (Fsp3) is 0.200. The first-order valence-corrected chi connectivity index (χ1v) is 5.62. The second kappa shape index (κ2) is 5.36. The summed E-state index contributed by atoms with van der Waals surface area (Å²) in [4.78, 5) is 0. The van der Waals surface area contributed by atoms with E-state index in [1.807, 2.05) is 24.3 Å². The largest absolute Gasteiger partial charge is 0.494 e. The highest BCUT2D eigenvalue weighted by Gasteiger charge is 1.96. The van der Waals surface area contributed by atoms with Crippen molar-refractivity contribution in [3.8, 4) is 5.75 Å². The Balaban J connectivity index is 2.05. The average molecular weight is 212 g/mol. The molecule has 0 aliphatic rings. The number of fused-ring (bicyclic) bond motifs is 1. The number of hydrogen-bond donors (Lipinski definition) is 0. The second-order valence-electron chi connectivity index (χ2n) is 3.79. The molecule has 0 N–H and O–H groups in total. The first kappa shape index (κ1) is 10.7. The van der Waals surface area contributed by atoms with Crippen molar-refractivity contribution in [3.63, 3.8) is 0 Å². The molecule has 2 aromatic rings. The molecule has 2 aromatic carbocycles. The molecule has 0 saturated heterocycles. The van der Waals surface area contributed by atoms with Gasteiger partial charge in [0.15, 0.2) is 0 Å². The van der Waals surface area contributed by atoms with E-state index >= 15 is 0 Å². The molecule has 0 aromatic heterocycles. The molecule has 0 saturated carbocycles.